The highest BCUT2D eigenvalue weighted by Crippen LogP contribution is 2.12. The van der Waals surface area contributed by atoms with Gasteiger partial charge in [0.05, 0.1) is 6.10 Å². The normalized spacial score (nSPS) is 21.4. The summed E-state index contributed by atoms with van der Waals surface area (Å²) in [6.45, 7) is 8.53. The van der Waals surface area contributed by atoms with Gasteiger partial charge < -0.3 is 15.3 Å². The van der Waals surface area contributed by atoms with Crippen LogP contribution in [0.1, 0.15) is 33.1 Å². The maximum atomic E-state index is 9.26. The fourth-order valence-electron chi connectivity index (χ4n) is 2.12. The number of hydrogen-bond donors (Lipinski definition) is 2. The summed E-state index contributed by atoms with van der Waals surface area (Å²) in [5, 5.41) is 12.6. The van der Waals surface area contributed by atoms with Crippen LogP contribution in [0.2, 0.25) is 0 Å². The second-order valence-electron chi connectivity index (χ2n) is 4.25. The minimum Gasteiger partial charge on any atom is -0.393 e. The van der Waals surface area contributed by atoms with Crippen molar-refractivity contribution in [3.05, 3.63) is 0 Å². The Morgan fingerprint density at radius 2 is 2.07 bits per heavy atom. The fourth-order valence-corrected chi connectivity index (χ4v) is 2.12. The second-order valence-corrected chi connectivity index (χ2v) is 4.25. The molecule has 1 aliphatic heterocycles. The summed E-state index contributed by atoms with van der Waals surface area (Å²) in [5.41, 5.74) is 0. The molecular formula is C11H24N2O. The van der Waals surface area contributed by atoms with Gasteiger partial charge in [-0.1, -0.05) is 6.92 Å². The molecule has 0 radical (unpaired) electrons. The van der Waals surface area contributed by atoms with Gasteiger partial charge in [0.2, 0.25) is 0 Å². The number of rotatable bonds is 5. The first-order valence-corrected chi connectivity index (χ1v) is 5.87. The molecule has 0 aromatic rings. The number of nitrogens with zero attached hydrogens (tertiary/aromatic N) is 1. The molecule has 0 bridgehead atoms. The SMILES string of the molecule is CCN(CCC(C)O)C1CCNCC1. The van der Waals surface area contributed by atoms with Gasteiger partial charge in [-0.15, -0.1) is 0 Å². The van der Waals surface area contributed by atoms with Crippen molar-refractivity contribution in [2.75, 3.05) is 26.2 Å². The molecule has 0 aromatic carbocycles. The molecule has 0 saturated carbocycles. The molecule has 0 aromatic heterocycles. The van der Waals surface area contributed by atoms with Crippen LogP contribution in [0.3, 0.4) is 0 Å². The molecule has 0 aliphatic carbocycles. The highest BCUT2D eigenvalue weighted by atomic mass is 16.3. The highest BCUT2D eigenvalue weighted by Gasteiger charge is 2.19. The molecule has 1 heterocycles. The third kappa shape index (κ3) is 3.95. The largest absolute Gasteiger partial charge is 0.393 e. The number of aliphatic hydroxyl groups excluding tert-OH is 1. The van der Waals surface area contributed by atoms with Crippen molar-refractivity contribution in [3.63, 3.8) is 0 Å². The first kappa shape index (κ1) is 12.0. The first-order valence-electron chi connectivity index (χ1n) is 5.87. The molecule has 3 heteroatoms. The van der Waals surface area contributed by atoms with Gasteiger partial charge >= 0.3 is 0 Å². The highest BCUT2D eigenvalue weighted by molar-refractivity contribution is 4.77. The summed E-state index contributed by atoms with van der Waals surface area (Å²) in [6.07, 6.45) is 3.25. The van der Waals surface area contributed by atoms with E-state index in [9.17, 15) is 5.11 Å². The van der Waals surface area contributed by atoms with Crippen molar-refractivity contribution in [1.29, 1.82) is 0 Å². The molecule has 1 aliphatic rings. The molecule has 14 heavy (non-hydrogen) atoms. The summed E-state index contributed by atoms with van der Waals surface area (Å²) >= 11 is 0. The fraction of sp³-hybridized carbons (Fsp3) is 1.00. The van der Waals surface area contributed by atoms with Crippen molar-refractivity contribution in [2.45, 2.75) is 45.3 Å². The maximum absolute atomic E-state index is 9.26. The molecule has 84 valence electrons. The van der Waals surface area contributed by atoms with Gasteiger partial charge in [0.25, 0.3) is 0 Å². The number of piperidine rings is 1. The number of aliphatic hydroxyl groups is 1. The Morgan fingerprint density at radius 1 is 1.43 bits per heavy atom. The van der Waals surface area contributed by atoms with E-state index in [2.05, 4.69) is 17.1 Å². The van der Waals surface area contributed by atoms with E-state index in [1.165, 1.54) is 12.8 Å². The number of hydrogen-bond acceptors (Lipinski definition) is 3. The summed E-state index contributed by atoms with van der Waals surface area (Å²) in [7, 11) is 0. The quantitative estimate of drug-likeness (QED) is 0.690. The zero-order valence-electron chi connectivity index (χ0n) is 9.50. The third-order valence-corrected chi connectivity index (χ3v) is 3.07. The van der Waals surface area contributed by atoms with E-state index in [4.69, 9.17) is 0 Å². The van der Waals surface area contributed by atoms with E-state index in [0.717, 1.165) is 38.6 Å². The molecule has 1 unspecified atom stereocenters. The third-order valence-electron chi connectivity index (χ3n) is 3.07. The zero-order valence-corrected chi connectivity index (χ0v) is 9.50. The average molecular weight is 200 g/mol. The van der Waals surface area contributed by atoms with Crippen molar-refractivity contribution in [2.24, 2.45) is 0 Å². The van der Waals surface area contributed by atoms with E-state index in [-0.39, 0.29) is 6.10 Å². The lowest BCUT2D eigenvalue weighted by molar-refractivity contribution is 0.124. The second kappa shape index (κ2) is 6.38. The topological polar surface area (TPSA) is 35.5 Å². The average Bonchev–Trinajstić information content (AvgIpc) is 2.20. The minimum absolute atomic E-state index is 0.161. The van der Waals surface area contributed by atoms with Gasteiger partial charge in [0.15, 0.2) is 0 Å². The van der Waals surface area contributed by atoms with Crippen molar-refractivity contribution >= 4 is 0 Å². The van der Waals surface area contributed by atoms with Crippen molar-refractivity contribution in [3.8, 4) is 0 Å². The van der Waals surface area contributed by atoms with E-state index < -0.39 is 0 Å². The van der Waals surface area contributed by atoms with E-state index in [1.54, 1.807) is 0 Å². The first-order chi connectivity index (χ1) is 6.74. The molecule has 2 N–H and O–H groups in total. The van der Waals surface area contributed by atoms with Crippen molar-refractivity contribution in [1.82, 2.24) is 10.2 Å². The van der Waals surface area contributed by atoms with Crippen LogP contribution in [0.5, 0.6) is 0 Å². The van der Waals surface area contributed by atoms with Gasteiger partial charge in [0.1, 0.15) is 0 Å². The molecule has 0 spiro atoms. The van der Waals surface area contributed by atoms with Gasteiger partial charge in [-0.25, -0.2) is 0 Å². The standard InChI is InChI=1S/C11H24N2O/c1-3-13(9-6-10(2)14)11-4-7-12-8-5-11/h10-12,14H,3-9H2,1-2H3. The van der Waals surface area contributed by atoms with Crippen LogP contribution in [0.15, 0.2) is 0 Å². The summed E-state index contributed by atoms with van der Waals surface area (Å²) < 4.78 is 0. The predicted molar refractivity (Wildman–Crippen MR) is 59.4 cm³/mol. The van der Waals surface area contributed by atoms with Crippen LogP contribution >= 0.6 is 0 Å². The zero-order chi connectivity index (χ0) is 10.4. The monoisotopic (exact) mass is 200 g/mol. The summed E-state index contributed by atoms with van der Waals surface area (Å²) in [4.78, 5) is 2.51. The Labute approximate surface area is 87.5 Å². The van der Waals surface area contributed by atoms with Crippen molar-refractivity contribution < 1.29 is 5.11 Å². The van der Waals surface area contributed by atoms with Crippen LogP contribution in [0.25, 0.3) is 0 Å². The molecule has 3 nitrogen and oxygen atoms in total. The van der Waals surface area contributed by atoms with E-state index >= 15 is 0 Å². The van der Waals surface area contributed by atoms with Gasteiger partial charge in [-0.2, -0.15) is 0 Å². The van der Waals surface area contributed by atoms with Crippen LogP contribution in [0, 0.1) is 0 Å². The van der Waals surface area contributed by atoms with Crippen LogP contribution < -0.4 is 5.32 Å². The molecular weight excluding hydrogens is 176 g/mol. The Bertz CT molecular complexity index is 144. The molecule has 1 saturated heterocycles. The van der Waals surface area contributed by atoms with Gasteiger partial charge in [-0.05, 0) is 45.8 Å². The maximum Gasteiger partial charge on any atom is 0.0524 e. The molecule has 0 amide bonds. The lowest BCUT2D eigenvalue weighted by Crippen LogP contribution is -2.43. The lowest BCUT2D eigenvalue weighted by Gasteiger charge is -2.34. The van der Waals surface area contributed by atoms with Gasteiger partial charge in [0, 0.05) is 12.6 Å². The minimum atomic E-state index is -0.161. The predicted octanol–water partition coefficient (Wildman–Crippen LogP) is 0.831. The van der Waals surface area contributed by atoms with E-state index in [1.807, 2.05) is 6.92 Å². The summed E-state index contributed by atoms with van der Waals surface area (Å²) in [5.74, 6) is 0. The molecule has 1 fully saturated rings. The Hall–Kier alpha value is -0.120. The molecule has 1 rings (SSSR count). The van der Waals surface area contributed by atoms with Crippen LogP contribution in [-0.4, -0.2) is 48.3 Å². The van der Waals surface area contributed by atoms with Crippen LogP contribution in [0.4, 0.5) is 0 Å². The Kier molecular flexibility index (Phi) is 5.45. The van der Waals surface area contributed by atoms with E-state index in [0.29, 0.717) is 0 Å². The lowest BCUT2D eigenvalue weighted by atomic mass is 10.0. The van der Waals surface area contributed by atoms with Crippen LogP contribution in [-0.2, 0) is 0 Å². The smallest absolute Gasteiger partial charge is 0.0524 e. The molecule has 1 atom stereocenters. The van der Waals surface area contributed by atoms with Gasteiger partial charge in [-0.3, -0.25) is 0 Å². The summed E-state index contributed by atoms with van der Waals surface area (Å²) in [6, 6.07) is 0.736. The Balaban J connectivity index is 2.28. The Morgan fingerprint density at radius 3 is 2.57 bits per heavy atom. The number of nitrogens with one attached hydrogen (secondary N) is 1.